The summed E-state index contributed by atoms with van der Waals surface area (Å²) in [6.45, 7) is 5.46. The van der Waals surface area contributed by atoms with Gasteiger partial charge in [0.25, 0.3) is 5.91 Å². The molecule has 1 aromatic carbocycles. The molecular weight excluding hydrogens is 218 g/mol. The third kappa shape index (κ3) is 4.51. The van der Waals surface area contributed by atoms with E-state index in [0.29, 0.717) is 11.1 Å². The molecule has 17 heavy (non-hydrogen) atoms. The summed E-state index contributed by atoms with van der Waals surface area (Å²) in [5.74, 6) is -0.629. The summed E-state index contributed by atoms with van der Waals surface area (Å²) in [7, 11) is 0. The largest absolute Gasteiger partial charge is 0.460 e. The van der Waals surface area contributed by atoms with Gasteiger partial charge < -0.3 is 10.1 Å². The SMILES string of the molecule is C=C(C)C(=O)OCCNC(=O)c1ccccc1. The third-order valence-corrected chi connectivity index (χ3v) is 2.01. The number of nitrogens with one attached hydrogen (secondary N) is 1. The van der Waals surface area contributed by atoms with Gasteiger partial charge in [-0.25, -0.2) is 4.79 Å². The van der Waals surface area contributed by atoms with Crippen LogP contribution in [0.3, 0.4) is 0 Å². The van der Waals surface area contributed by atoms with E-state index in [9.17, 15) is 9.59 Å². The second kappa shape index (κ2) is 6.48. The Bertz CT molecular complexity index is 412. The number of esters is 1. The molecule has 0 fully saturated rings. The Morgan fingerprint density at radius 1 is 1.29 bits per heavy atom. The van der Waals surface area contributed by atoms with E-state index in [4.69, 9.17) is 4.74 Å². The van der Waals surface area contributed by atoms with Crippen molar-refractivity contribution in [3.63, 3.8) is 0 Å². The molecule has 0 saturated carbocycles. The van der Waals surface area contributed by atoms with Gasteiger partial charge in [0.1, 0.15) is 6.61 Å². The fourth-order valence-electron chi connectivity index (χ4n) is 1.12. The van der Waals surface area contributed by atoms with E-state index in [0.717, 1.165) is 0 Å². The molecule has 4 nitrogen and oxygen atoms in total. The molecule has 0 heterocycles. The summed E-state index contributed by atoms with van der Waals surface area (Å²) in [5, 5.41) is 2.65. The molecule has 0 unspecified atom stereocenters. The molecule has 0 aliphatic carbocycles. The number of ether oxygens (including phenoxy) is 1. The van der Waals surface area contributed by atoms with Gasteiger partial charge in [0.15, 0.2) is 0 Å². The van der Waals surface area contributed by atoms with E-state index < -0.39 is 5.97 Å². The fourth-order valence-corrected chi connectivity index (χ4v) is 1.12. The van der Waals surface area contributed by atoms with E-state index in [1.165, 1.54) is 0 Å². The van der Waals surface area contributed by atoms with Crippen molar-refractivity contribution in [2.45, 2.75) is 6.92 Å². The Morgan fingerprint density at radius 2 is 1.94 bits per heavy atom. The van der Waals surface area contributed by atoms with Gasteiger partial charge in [-0.05, 0) is 19.1 Å². The minimum atomic E-state index is -0.445. The first-order valence-electron chi connectivity index (χ1n) is 5.27. The molecule has 0 bridgehead atoms. The Kier molecular flexibility index (Phi) is 4.94. The van der Waals surface area contributed by atoms with Crippen LogP contribution in [0, 0.1) is 0 Å². The second-order valence-electron chi connectivity index (χ2n) is 3.54. The number of carbonyl (C=O) groups is 2. The van der Waals surface area contributed by atoms with Crippen LogP contribution in [0.5, 0.6) is 0 Å². The lowest BCUT2D eigenvalue weighted by Gasteiger charge is -2.06. The van der Waals surface area contributed by atoms with Crippen LogP contribution in [-0.4, -0.2) is 25.0 Å². The average molecular weight is 233 g/mol. The summed E-state index contributed by atoms with van der Waals surface area (Å²) < 4.78 is 4.84. The van der Waals surface area contributed by atoms with Crippen molar-refractivity contribution in [2.75, 3.05) is 13.2 Å². The Balaban J connectivity index is 2.26. The predicted octanol–water partition coefficient (Wildman–Crippen LogP) is 1.54. The molecule has 0 aliphatic rings. The van der Waals surface area contributed by atoms with Gasteiger partial charge in [-0.3, -0.25) is 4.79 Å². The number of hydrogen-bond acceptors (Lipinski definition) is 3. The molecular formula is C13H15NO3. The van der Waals surface area contributed by atoms with E-state index in [1.807, 2.05) is 6.07 Å². The van der Waals surface area contributed by atoms with E-state index in [2.05, 4.69) is 11.9 Å². The number of benzene rings is 1. The van der Waals surface area contributed by atoms with Gasteiger partial charge in [0.05, 0.1) is 6.54 Å². The molecule has 1 N–H and O–H groups in total. The monoisotopic (exact) mass is 233 g/mol. The maximum absolute atomic E-state index is 11.6. The first kappa shape index (κ1) is 13.0. The summed E-state index contributed by atoms with van der Waals surface area (Å²) in [5.41, 5.74) is 0.929. The molecule has 90 valence electrons. The minimum Gasteiger partial charge on any atom is -0.460 e. The molecule has 0 atom stereocenters. The van der Waals surface area contributed by atoms with Crippen LogP contribution in [-0.2, 0) is 9.53 Å². The number of hydrogen-bond donors (Lipinski definition) is 1. The standard InChI is InChI=1S/C13H15NO3/c1-10(2)13(16)17-9-8-14-12(15)11-6-4-3-5-7-11/h3-7H,1,8-9H2,2H3,(H,14,15). The summed E-state index contributed by atoms with van der Waals surface area (Å²) in [4.78, 5) is 22.6. The second-order valence-corrected chi connectivity index (χ2v) is 3.54. The molecule has 0 saturated heterocycles. The zero-order valence-electron chi connectivity index (χ0n) is 9.73. The fraction of sp³-hybridized carbons (Fsp3) is 0.231. The lowest BCUT2D eigenvalue weighted by atomic mass is 10.2. The number of carbonyl (C=O) groups excluding carboxylic acids is 2. The zero-order valence-corrected chi connectivity index (χ0v) is 9.73. The van der Waals surface area contributed by atoms with Crippen molar-refractivity contribution < 1.29 is 14.3 Å². The summed E-state index contributed by atoms with van der Waals surface area (Å²) in [6.07, 6.45) is 0. The first-order valence-corrected chi connectivity index (χ1v) is 5.27. The van der Waals surface area contributed by atoms with Crippen LogP contribution >= 0.6 is 0 Å². The molecule has 1 aromatic rings. The van der Waals surface area contributed by atoms with Crippen LogP contribution in [0.25, 0.3) is 0 Å². The molecule has 1 amide bonds. The predicted molar refractivity (Wildman–Crippen MR) is 64.5 cm³/mol. The molecule has 4 heteroatoms. The molecule has 0 aliphatic heterocycles. The van der Waals surface area contributed by atoms with Gasteiger partial charge >= 0.3 is 5.97 Å². The van der Waals surface area contributed by atoms with Crippen LogP contribution in [0.1, 0.15) is 17.3 Å². The molecule has 1 rings (SSSR count). The minimum absolute atomic E-state index is 0.143. The molecule has 0 aromatic heterocycles. The van der Waals surface area contributed by atoms with Crippen LogP contribution in [0.2, 0.25) is 0 Å². The smallest absolute Gasteiger partial charge is 0.333 e. The third-order valence-electron chi connectivity index (χ3n) is 2.01. The Morgan fingerprint density at radius 3 is 2.53 bits per heavy atom. The Labute approximate surface area is 100 Å². The van der Waals surface area contributed by atoms with E-state index in [1.54, 1.807) is 31.2 Å². The van der Waals surface area contributed by atoms with E-state index >= 15 is 0 Å². The number of amides is 1. The van der Waals surface area contributed by atoms with Gasteiger partial charge in [0.2, 0.25) is 0 Å². The normalized spacial score (nSPS) is 9.47. The van der Waals surface area contributed by atoms with Crippen molar-refractivity contribution in [2.24, 2.45) is 0 Å². The van der Waals surface area contributed by atoms with Gasteiger partial charge in [-0.1, -0.05) is 24.8 Å². The van der Waals surface area contributed by atoms with Gasteiger partial charge in [0, 0.05) is 11.1 Å². The topological polar surface area (TPSA) is 55.4 Å². The summed E-state index contributed by atoms with van der Waals surface area (Å²) >= 11 is 0. The first-order chi connectivity index (χ1) is 8.11. The molecule has 0 spiro atoms. The lowest BCUT2D eigenvalue weighted by Crippen LogP contribution is -2.28. The zero-order chi connectivity index (χ0) is 12.7. The molecule has 0 radical (unpaired) electrons. The van der Waals surface area contributed by atoms with Crippen molar-refractivity contribution in [3.8, 4) is 0 Å². The van der Waals surface area contributed by atoms with Gasteiger partial charge in [-0.15, -0.1) is 0 Å². The maximum atomic E-state index is 11.6. The highest BCUT2D eigenvalue weighted by atomic mass is 16.5. The number of rotatable bonds is 5. The van der Waals surface area contributed by atoms with Gasteiger partial charge in [-0.2, -0.15) is 0 Å². The van der Waals surface area contributed by atoms with Crippen molar-refractivity contribution >= 4 is 11.9 Å². The quantitative estimate of drug-likeness (QED) is 0.477. The van der Waals surface area contributed by atoms with Crippen molar-refractivity contribution in [1.82, 2.24) is 5.32 Å². The highest BCUT2D eigenvalue weighted by Gasteiger charge is 2.05. The average Bonchev–Trinajstić information content (AvgIpc) is 2.35. The Hall–Kier alpha value is -2.10. The highest BCUT2D eigenvalue weighted by Crippen LogP contribution is 1.97. The van der Waals surface area contributed by atoms with Crippen LogP contribution in [0.15, 0.2) is 42.5 Å². The van der Waals surface area contributed by atoms with Crippen molar-refractivity contribution in [3.05, 3.63) is 48.0 Å². The van der Waals surface area contributed by atoms with Crippen LogP contribution in [0.4, 0.5) is 0 Å². The summed E-state index contributed by atoms with van der Waals surface area (Å²) in [6, 6.07) is 8.85. The maximum Gasteiger partial charge on any atom is 0.333 e. The van der Waals surface area contributed by atoms with Crippen LogP contribution < -0.4 is 5.32 Å². The van der Waals surface area contributed by atoms with E-state index in [-0.39, 0.29) is 19.1 Å². The lowest BCUT2D eigenvalue weighted by molar-refractivity contribution is -0.138. The highest BCUT2D eigenvalue weighted by molar-refractivity contribution is 5.94. The van der Waals surface area contributed by atoms with Crippen molar-refractivity contribution in [1.29, 1.82) is 0 Å².